The van der Waals surface area contributed by atoms with Gasteiger partial charge in [-0.05, 0) is 31.0 Å². The number of carbonyl (C=O) groups excluding carboxylic acids is 2. The molecular formula is C24H26N2O5. The monoisotopic (exact) mass is 422 g/mol. The Hall–Kier alpha value is -3.48. The number of amides is 1. The normalized spacial score (nSPS) is 15.8. The molecule has 0 saturated carbocycles. The molecule has 1 aromatic heterocycles. The van der Waals surface area contributed by atoms with Crippen molar-refractivity contribution in [1.82, 2.24) is 9.47 Å². The van der Waals surface area contributed by atoms with E-state index >= 15 is 0 Å². The average molecular weight is 422 g/mol. The molecule has 162 valence electrons. The molecule has 1 atom stereocenters. The molecule has 31 heavy (non-hydrogen) atoms. The molecule has 0 aliphatic carbocycles. The van der Waals surface area contributed by atoms with Gasteiger partial charge in [0.05, 0.1) is 32.9 Å². The number of methoxy groups -OCH3 is 3. The van der Waals surface area contributed by atoms with Gasteiger partial charge in [-0.3, -0.25) is 4.79 Å². The van der Waals surface area contributed by atoms with Crippen molar-refractivity contribution in [1.29, 1.82) is 0 Å². The van der Waals surface area contributed by atoms with Gasteiger partial charge in [-0.1, -0.05) is 18.2 Å². The van der Waals surface area contributed by atoms with E-state index in [0.717, 1.165) is 29.3 Å². The van der Waals surface area contributed by atoms with Crippen molar-refractivity contribution in [2.75, 3.05) is 27.9 Å². The van der Waals surface area contributed by atoms with Gasteiger partial charge in [0, 0.05) is 35.3 Å². The third-order valence-electron chi connectivity index (χ3n) is 5.87. The second-order valence-corrected chi connectivity index (χ2v) is 7.53. The van der Waals surface area contributed by atoms with Crippen LogP contribution in [0.15, 0.2) is 48.7 Å². The maximum Gasteiger partial charge on any atom is 0.340 e. The van der Waals surface area contributed by atoms with Gasteiger partial charge < -0.3 is 23.7 Å². The number of likely N-dealkylation sites (tertiary alicyclic amines) is 1. The molecule has 0 N–H and O–H groups in total. The summed E-state index contributed by atoms with van der Waals surface area (Å²) in [7, 11) is 4.60. The summed E-state index contributed by atoms with van der Waals surface area (Å²) in [4.78, 5) is 27.4. The lowest BCUT2D eigenvalue weighted by molar-refractivity contribution is -0.132. The molecule has 1 fully saturated rings. The molecule has 0 radical (unpaired) electrons. The molecule has 0 spiro atoms. The number of esters is 1. The molecule has 2 heterocycles. The van der Waals surface area contributed by atoms with E-state index in [1.807, 2.05) is 51.9 Å². The fourth-order valence-electron chi connectivity index (χ4n) is 4.37. The predicted molar refractivity (Wildman–Crippen MR) is 117 cm³/mol. The summed E-state index contributed by atoms with van der Waals surface area (Å²) in [5.74, 6) is 1.01. The number of rotatable bonds is 6. The zero-order valence-corrected chi connectivity index (χ0v) is 18.0. The molecule has 2 aromatic carbocycles. The summed E-state index contributed by atoms with van der Waals surface area (Å²) in [6.45, 7) is 0.828. The van der Waals surface area contributed by atoms with E-state index < -0.39 is 5.97 Å². The van der Waals surface area contributed by atoms with E-state index in [1.165, 1.54) is 7.11 Å². The molecule has 0 bridgehead atoms. The minimum absolute atomic E-state index is 0.00228. The van der Waals surface area contributed by atoms with Crippen molar-refractivity contribution in [3.8, 4) is 11.5 Å². The van der Waals surface area contributed by atoms with Gasteiger partial charge in [-0.25, -0.2) is 4.79 Å². The van der Waals surface area contributed by atoms with Gasteiger partial charge in [0.2, 0.25) is 5.91 Å². The number of fused-ring (bicyclic) bond motifs is 1. The molecule has 1 amide bonds. The van der Waals surface area contributed by atoms with Crippen LogP contribution in [-0.2, 0) is 16.1 Å². The minimum atomic E-state index is -0.413. The van der Waals surface area contributed by atoms with E-state index in [4.69, 9.17) is 14.2 Å². The van der Waals surface area contributed by atoms with Gasteiger partial charge in [-0.15, -0.1) is 0 Å². The van der Waals surface area contributed by atoms with Crippen LogP contribution >= 0.6 is 0 Å². The van der Waals surface area contributed by atoms with Gasteiger partial charge in [0.1, 0.15) is 18.0 Å². The molecular weight excluding hydrogens is 396 g/mol. The van der Waals surface area contributed by atoms with E-state index in [-0.39, 0.29) is 18.5 Å². The summed E-state index contributed by atoms with van der Waals surface area (Å²) < 4.78 is 17.6. The quantitative estimate of drug-likeness (QED) is 0.565. The maximum absolute atomic E-state index is 13.3. The number of hydrogen-bond acceptors (Lipinski definition) is 5. The highest BCUT2D eigenvalue weighted by Crippen LogP contribution is 2.39. The number of ether oxygens (including phenoxy) is 3. The van der Waals surface area contributed by atoms with Crippen molar-refractivity contribution in [3.63, 3.8) is 0 Å². The number of hydrogen-bond donors (Lipinski definition) is 0. The Kier molecular flexibility index (Phi) is 5.84. The van der Waals surface area contributed by atoms with Crippen LogP contribution in [0, 0.1) is 0 Å². The van der Waals surface area contributed by atoms with Crippen LogP contribution in [0.5, 0.6) is 11.5 Å². The van der Waals surface area contributed by atoms with Crippen LogP contribution in [0.2, 0.25) is 0 Å². The third-order valence-corrected chi connectivity index (χ3v) is 5.87. The summed E-state index contributed by atoms with van der Waals surface area (Å²) in [6.07, 6.45) is 3.49. The molecule has 7 nitrogen and oxygen atoms in total. The van der Waals surface area contributed by atoms with E-state index in [9.17, 15) is 9.59 Å². The van der Waals surface area contributed by atoms with Crippen molar-refractivity contribution in [2.24, 2.45) is 0 Å². The highest BCUT2D eigenvalue weighted by Gasteiger charge is 2.32. The van der Waals surface area contributed by atoms with E-state index in [0.29, 0.717) is 23.6 Å². The largest absolute Gasteiger partial charge is 0.497 e. The zero-order chi connectivity index (χ0) is 22.0. The average Bonchev–Trinajstić information content (AvgIpc) is 3.43. The van der Waals surface area contributed by atoms with Crippen molar-refractivity contribution in [2.45, 2.75) is 25.4 Å². The number of nitrogens with zero attached hydrogens (tertiary/aromatic N) is 2. The molecule has 1 aliphatic heterocycles. The number of carbonyl (C=O) groups is 2. The number of aromatic nitrogens is 1. The first-order valence-electron chi connectivity index (χ1n) is 10.2. The standard InChI is InChI=1S/C24H26N2O5/c1-29-16-10-11-18(22(13-16)30-2)21-9-6-12-26(21)23(27)15-25-14-19(24(28)31-3)17-7-4-5-8-20(17)25/h4-5,7-8,10-11,13-14,21H,6,9,12,15H2,1-3H3/t21-/m1/s1. The Morgan fingerprint density at radius 3 is 2.61 bits per heavy atom. The van der Waals surface area contributed by atoms with Crippen molar-refractivity contribution < 1.29 is 23.8 Å². The number of benzene rings is 2. The summed E-state index contributed by atoms with van der Waals surface area (Å²) in [6, 6.07) is 13.2. The van der Waals surface area contributed by atoms with Crippen LogP contribution in [0.3, 0.4) is 0 Å². The Bertz CT molecular complexity index is 1120. The number of para-hydroxylation sites is 1. The van der Waals surface area contributed by atoms with Crippen molar-refractivity contribution in [3.05, 3.63) is 59.8 Å². The summed E-state index contributed by atoms with van der Waals surface area (Å²) in [5.41, 5.74) is 2.26. The predicted octanol–water partition coefficient (Wildman–Crippen LogP) is 3.81. The van der Waals surface area contributed by atoms with Crippen LogP contribution in [0.25, 0.3) is 10.9 Å². The van der Waals surface area contributed by atoms with E-state index in [1.54, 1.807) is 20.4 Å². The highest BCUT2D eigenvalue weighted by atomic mass is 16.5. The van der Waals surface area contributed by atoms with Gasteiger partial charge in [-0.2, -0.15) is 0 Å². The molecule has 0 unspecified atom stereocenters. The van der Waals surface area contributed by atoms with Gasteiger partial charge in [0.15, 0.2) is 0 Å². The Balaban J connectivity index is 1.63. The van der Waals surface area contributed by atoms with E-state index in [2.05, 4.69) is 0 Å². The first kappa shape index (κ1) is 20.8. The Morgan fingerprint density at radius 2 is 1.87 bits per heavy atom. The lowest BCUT2D eigenvalue weighted by atomic mass is 10.0. The molecule has 1 aliphatic rings. The first-order chi connectivity index (χ1) is 15.1. The second-order valence-electron chi connectivity index (χ2n) is 7.53. The third kappa shape index (κ3) is 3.83. The SMILES string of the molecule is COC(=O)c1cn(CC(=O)N2CCC[C@@H]2c2ccc(OC)cc2OC)c2ccccc12. The van der Waals surface area contributed by atoms with Gasteiger partial charge >= 0.3 is 5.97 Å². The van der Waals surface area contributed by atoms with Crippen molar-refractivity contribution >= 4 is 22.8 Å². The smallest absolute Gasteiger partial charge is 0.340 e. The topological polar surface area (TPSA) is 70.0 Å². The van der Waals surface area contributed by atoms with Crippen LogP contribution in [-0.4, -0.2) is 49.2 Å². The second kappa shape index (κ2) is 8.71. The molecule has 1 saturated heterocycles. The minimum Gasteiger partial charge on any atom is -0.497 e. The lowest BCUT2D eigenvalue weighted by Crippen LogP contribution is -2.33. The first-order valence-corrected chi connectivity index (χ1v) is 10.2. The molecule has 7 heteroatoms. The maximum atomic E-state index is 13.3. The van der Waals surface area contributed by atoms with Crippen LogP contribution in [0.4, 0.5) is 0 Å². The molecule has 3 aromatic rings. The lowest BCUT2D eigenvalue weighted by Gasteiger charge is -2.27. The fourth-order valence-corrected chi connectivity index (χ4v) is 4.37. The summed E-state index contributed by atoms with van der Waals surface area (Å²) in [5, 5.41) is 0.775. The summed E-state index contributed by atoms with van der Waals surface area (Å²) >= 11 is 0. The Labute approximate surface area is 181 Å². The van der Waals surface area contributed by atoms with Crippen LogP contribution in [0.1, 0.15) is 34.8 Å². The highest BCUT2D eigenvalue weighted by molar-refractivity contribution is 6.04. The van der Waals surface area contributed by atoms with Gasteiger partial charge in [0.25, 0.3) is 0 Å². The fraction of sp³-hybridized carbons (Fsp3) is 0.333. The Morgan fingerprint density at radius 1 is 1.06 bits per heavy atom. The van der Waals surface area contributed by atoms with Crippen LogP contribution < -0.4 is 9.47 Å². The molecule has 4 rings (SSSR count). The zero-order valence-electron chi connectivity index (χ0n) is 18.0.